The van der Waals surface area contributed by atoms with Gasteiger partial charge in [0.25, 0.3) is 0 Å². The second-order valence-electron chi connectivity index (χ2n) is 7.39. The molecule has 0 bridgehead atoms. The lowest BCUT2D eigenvalue weighted by atomic mass is 9.83. The van der Waals surface area contributed by atoms with Crippen molar-refractivity contribution < 1.29 is 4.39 Å². The van der Waals surface area contributed by atoms with Crippen LogP contribution in [0.1, 0.15) is 34.6 Å². The van der Waals surface area contributed by atoms with Crippen LogP contribution >= 0.6 is 15.9 Å². The number of rotatable bonds is 2. The molecule has 2 unspecified atom stereocenters. The fourth-order valence-electron chi connectivity index (χ4n) is 2.91. The Bertz CT molecular complexity index is 496. The van der Waals surface area contributed by atoms with Gasteiger partial charge in [-0.1, -0.05) is 34.6 Å². The Morgan fingerprint density at radius 2 is 2.00 bits per heavy atom. The molecule has 118 valence electrons. The number of halogens is 2. The van der Waals surface area contributed by atoms with Gasteiger partial charge in [-0.2, -0.15) is 0 Å². The summed E-state index contributed by atoms with van der Waals surface area (Å²) < 4.78 is 14.4. The third kappa shape index (κ3) is 3.78. The molecule has 1 saturated heterocycles. The molecule has 1 aliphatic heterocycles. The average molecular weight is 357 g/mol. The van der Waals surface area contributed by atoms with E-state index in [2.05, 4.69) is 60.8 Å². The van der Waals surface area contributed by atoms with Crippen LogP contribution in [0.3, 0.4) is 0 Å². The lowest BCUT2D eigenvalue weighted by Gasteiger charge is -2.47. The molecular formula is C17H26BrFN2. The summed E-state index contributed by atoms with van der Waals surface area (Å²) in [6.45, 7) is 13.1. The summed E-state index contributed by atoms with van der Waals surface area (Å²) in [5.41, 5.74) is 1.17. The van der Waals surface area contributed by atoms with Crippen molar-refractivity contribution in [3.8, 4) is 0 Å². The second kappa shape index (κ2) is 6.25. The Morgan fingerprint density at radius 1 is 1.33 bits per heavy atom. The molecule has 0 aromatic heterocycles. The second-order valence-corrected chi connectivity index (χ2v) is 8.24. The summed E-state index contributed by atoms with van der Waals surface area (Å²) in [7, 11) is 0. The standard InChI is InChI=1S/C17H26BrFN2/c1-11(2)15-9-20-16(17(3,4)5)10-21(15)12-6-7-13(18)14(19)8-12/h6-8,11,15-16,20H,9-10H2,1-5H3. The molecule has 0 radical (unpaired) electrons. The lowest BCUT2D eigenvalue weighted by molar-refractivity contribution is 0.221. The molecule has 0 amide bonds. The van der Waals surface area contributed by atoms with Crippen LogP contribution in [0.25, 0.3) is 0 Å². The Morgan fingerprint density at radius 3 is 2.52 bits per heavy atom. The summed E-state index contributed by atoms with van der Waals surface area (Å²) in [5.74, 6) is 0.325. The van der Waals surface area contributed by atoms with Crippen molar-refractivity contribution in [3.63, 3.8) is 0 Å². The molecule has 0 aliphatic carbocycles. The first kappa shape index (κ1) is 16.8. The molecule has 2 rings (SSSR count). The van der Waals surface area contributed by atoms with Gasteiger partial charge in [0.1, 0.15) is 5.82 Å². The first-order chi connectivity index (χ1) is 9.70. The molecule has 1 heterocycles. The third-order valence-corrected chi connectivity index (χ3v) is 5.05. The number of nitrogens with one attached hydrogen (secondary N) is 1. The van der Waals surface area contributed by atoms with E-state index in [1.807, 2.05) is 6.07 Å². The maximum atomic E-state index is 13.9. The Labute approximate surface area is 136 Å². The Balaban J connectivity index is 2.31. The van der Waals surface area contributed by atoms with Gasteiger partial charge in [-0.15, -0.1) is 0 Å². The highest BCUT2D eigenvalue weighted by atomic mass is 79.9. The summed E-state index contributed by atoms with van der Waals surface area (Å²) in [5, 5.41) is 3.67. The summed E-state index contributed by atoms with van der Waals surface area (Å²) >= 11 is 3.24. The van der Waals surface area contributed by atoms with Gasteiger partial charge in [0.05, 0.1) is 4.47 Å². The van der Waals surface area contributed by atoms with Crippen LogP contribution in [0.5, 0.6) is 0 Å². The first-order valence-corrected chi connectivity index (χ1v) is 8.44. The minimum Gasteiger partial charge on any atom is -0.365 e. The van der Waals surface area contributed by atoms with Crippen molar-refractivity contribution in [1.29, 1.82) is 0 Å². The smallest absolute Gasteiger partial charge is 0.139 e. The number of hydrogen-bond donors (Lipinski definition) is 1. The third-order valence-electron chi connectivity index (χ3n) is 4.40. The normalized spacial score (nSPS) is 23.7. The molecule has 1 N–H and O–H groups in total. The van der Waals surface area contributed by atoms with Gasteiger partial charge in [-0.05, 0) is 45.5 Å². The van der Waals surface area contributed by atoms with Crippen molar-refractivity contribution in [2.45, 2.75) is 46.7 Å². The van der Waals surface area contributed by atoms with Crippen LogP contribution in [0.4, 0.5) is 10.1 Å². The number of benzene rings is 1. The minimum absolute atomic E-state index is 0.189. The van der Waals surface area contributed by atoms with Crippen LogP contribution in [-0.2, 0) is 0 Å². The molecule has 4 heteroatoms. The molecule has 1 aromatic carbocycles. The summed E-state index contributed by atoms with van der Waals surface area (Å²) in [6, 6.07) is 6.25. The summed E-state index contributed by atoms with van der Waals surface area (Å²) in [6.07, 6.45) is 0. The highest BCUT2D eigenvalue weighted by Gasteiger charge is 2.35. The zero-order chi connectivity index (χ0) is 15.8. The van der Waals surface area contributed by atoms with Crippen molar-refractivity contribution in [2.75, 3.05) is 18.0 Å². The zero-order valence-electron chi connectivity index (χ0n) is 13.6. The SMILES string of the molecule is CC(C)C1CNC(C(C)(C)C)CN1c1ccc(Br)c(F)c1. The van der Waals surface area contributed by atoms with E-state index in [0.717, 1.165) is 18.8 Å². The van der Waals surface area contributed by atoms with Gasteiger partial charge in [0, 0.05) is 30.9 Å². The number of anilines is 1. The van der Waals surface area contributed by atoms with Crippen LogP contribution < -0.4 is 10.2 Å². The van der Waals surface area contributed by atoms with E-state index in [1.54, 1.807) is 12.1 Å². The minimum atomic E-state index is -0.194. The molecule has 1 aliphatic rings. The van der Waals surface area contributed by atoms with Crippen molar-refractivity contribution in [1.82, 2.24) is 5.32 Å². The number of nitrogens with zero attached hydrogens (tertiary/aromatic N) is 1. The summed E-state index contributed by atoms with van der Waals surface area (Å²) in [4.78, 5) is 2.37. The Hall–Kier alpha value is -0.610. The van der Waals surface area contributed by atoms with Crippen molar-refractivity contribution in [2.24, 2.45) is 11.3 Å². The van der Waals surface area contributed by atoms with Crippen LogP contribution in [0.2, 0.25) is 0 Å². The number of piperazine rings is 1. The fraction of sp³-hybridized carbons (Fsp3) is 0.647. The fourth-order valence-corrected chi connectivity index (χ4v) is 3.15. The van der Waals surface area contributed by atoms with Gasteiger partial charge in [0.15, 0.2) is 0 Å². The first-order valence-electron chi connectivity index (χ1n) is 7.65. The van der Waals surface area contributed by atoms with Crippen LogP contribution in [0.15, 0.2) is 22.7 Å². The topological polar surface area (TPSA) is 15.3 Å². The molecule has 1 fully saturated rings. The van der Waals surface area contributed by atoms with E-state index < -0.39 is 0 Å². The maximum absolute atomic E-state index is 13.9. The highest BCUT2D eigenvalue weighted by Crippen LogP contribution is 2.31. The predicted molar refractivity (Wildman–Crippen MR) is 91.3 cm³/mol. The molecule has 2 atom stereocenters. The van der Waals surface area contributed by atoms with E-state index in [9.17, 15) is 4.39 Å². The van der Waals surface area contributed by atoms with E-state index >= 15 is 0 Å². The highest BCUT2D eigenvalue weighted by molar-refractivity contribution is 9.10. The molecule has 1 aromatic rings. The molecule has 0 spiro atoms. The molecular weight excluding hydrogens is 331 g/mol. The van der Waals surface area contributed by atoms with E-state index in [1.165, 1.54) is 0 Å². The van der Waals surface area contributed by atoms with Crippen LogP contribution in [0, 0.1) is 17.2 Å². The van der Waals surface area contributed by atoms with E-state index in [-0.39, 0.29) is 11.2 Å². The molecule has 0 saturated carbocycles. The van der Waals surface area contributed by atoms with Crippen molar-refractivity contribution >= 4 is 21.6 Å². The maximum Gasteiger partial charge on any atom is 0.139 e. The molecule has 2 nitrogen and oxygen atoms in total. The largest absolute Gasteiger partial charge is 0.365 e. The quantitative estimate of drug-likeness (QED) is 0.842. The van der Waals surface area contributed by atoms with Gasteiger partial charge in [-0.25, -0.2) is 4.39 Å². The van der Waals surface area contributed by atoms with Gasteiger partial charge >= 0.3 is 0 Å². The van der Waals surface area contributed by atoms with Gasteiger partial charge < -0.3 is 10.2 Å². The van der Waals surface area contributed by atoms with E-state index in [4.69, 9.17) is 0 Å². The Kier molecular flexibility index (Phi) is 4.99. The van der Waals surface area contributed by atoms with Crippen molar-refractivity contribution in [3.05, 3.63) is 28.5 Å². The van der Waals surface area contributed by atoms with Gasteiger partial charge in [-0.3, -0.25) is 0 Å². The zero-order valence-corrected chi connectivity index (χ0v) is 15.2. The van der Waals surface area contributed by atoms with Gasteiger partial charge in [0.2, 0.25) is 0 Å². The van der Waals surface area contributed by atoms with Crippen LogP contribution in [-0.4, -0.2) is 25.2 Å². The monoisotopic (exact) mass is 356 g/mol. The average Bonchev–Trinajstić information content (AvgIpc) is 2.40. The lowest BCUT2D eigenvalue weighted by Crippen LogP contribution is -2.62. The molecule has 21 heavy (non-hydrogen) atoms. The number of hydrogen-bond acceptors (Lipinski definition) is 2. The predicted octanol–water partition coefficient (Wildman–Crippen LogP) is 4.44. The van der Waals surface area contributed by atoms with E-state index in [0.29, 0.717) is 22.5 Å².